The summed E-state index contributed by atoms with van der Waals surface area (Å²) in [5.41, 5.74) is 6.08. The van der Waals surface area contributed by atoms with Gasteiger partial charge >= 0.3 is 0 Å². The highest BCUT2D eigenvalue weighted by Gasteiger charge is 2.27. The Morgan fingerprint density at radius 2 is 1.45 bits per heavy atom. The number of piperazine rings is 1. The summed E-state index contributed by atoms with van der Waals surface area (Å²) in [7, 11) is -3.59. The molecule has 2 aliphatic heterocycles. The van der Waals surface area contributed by atoms with E-state index in [2.05, 4.69) is 48.0 Å². The monoisotopic (exact) mass is 535 g/mol. The summed E-state index contributed by atoms with van der Waals surface area (Å²) in [6.07, 6.45) is 0. The molecule has 0 spiro atoms. The van der Waals surface area contributed by atoms with Crippen molar-refractivity contribution in [1.82, 2.24) is 19.4 Å². The first-order valence-corrected chi connectivity index (χ1v) is 14.3. The molecule has 1 amide bonds. The van der Waals surface area contributed by atoms with Gasteiger partial charge in [0.15, 0.2) is 5.82 Å². The topological polar surface area (TPSA) is 95.9 Å². The molecule has 1 aromatic heterocycles. The summed E-state index contributed by atoms with van der Waals surface area (Å²) >= 11 is 0. The molecule has 2 fully saturated rings. The summed E-state index contributed by atoms with van der Waals surface area (Å²) in [5, 5.41) is 8.96. The first-order valence-electron chi connectivity index (χ1n) is 12.9. The third-order valence-electron chi connectivity index (χ3n) is 7.37. The van der Waals surface area contributed by atoms with Crippen molar-refractivity contribution in [2.75, 3.05) is 57.4 Å². The Kier molecular flexibility index (Phi) is 7.47. The Labute approximate surface area is 224 Å². The average molecular weight is 536 g/mol. The van der Waals surface area contributed by atoms with Crippen LogP contribution in [0.25, 0.3) is 11.3 Å². The predicted molar refractivity (Wildman–Crippen MR) is 146 cm³/mol. The summed E-state index contributed by atoms with van der Waals surface area (Å²) in [6.45, 7) is 10.1. The van der Waals surface area contributed by atoms with E-state index < -0.39 is 10.0 Å². The molecule has 0 atom stereocenters. The standard InChI is InChI=1S/C28H33N5O4S/c1-20-18-22(3)25(19-21(20)2)26-8-9-27(30-29-26)31-10-12-32(13-11-31)28(34)23-4-6-24(7-5-23)38(35,36)33-14-16-37-17-15-33/h4-9,18-19H,10-17H2,1-3H3. The van der Waals surface area contributed by atoms with E-state index in [1.54, 1.807) is 17.0 Å². The van der Waals surface area contributed by atoms with Gasteiger partial charge in [0, 0.05) is 50.4 Å². The van der Waals surface area contributed by atoms with Crippen molar-refractivity contribution in [3.63, 3.8) is 0 Å². The number of amides is 1. The lowest BCUT2D eigenvalue weighted by Gasteiger charge is -2.35. The first kappa shape index (κ1) is 26.3. The van der Waals surface area contributed by atoms with Crippen LogP contribution in [-0.4, -0.2) is 86.2 Å². The number of rotatable bonds is 5. The van der Waals surface area contributed by atoms with Crippen LogP contribution < -0.4 is 4.90 Å². The molecule has 5 rings (SSSR count). The fourth-order valence-electron chi connectivity index (χ4n) is 4.90. The zero-order chi connectivity index (χ0) is 26.9. The van der Waals surface area contributed by atoms with Crippen LogP contribution in [0, 0.1) is 20.8 Å². The number of aryl methyl sites for hydroxylation is 3. The van der Waals surface area contributed by atoms with Crippen LogP contribution in [0.15, 0.2) is 53.4 Å². The minimum absolute atomic E-state index is 0.105. The molecular formula is C28H33N5O4S. The van der Waals surface area contributed by atoms with Gasteiger partial charge < -0.3 is 14.5 Å². The number of carbonyl (C=O) groups is 1. The van der Waals surface area contributed by atoms with Crippen molar-refractivity contribution in [3.8, 4) is 11.3 Å². The van der Waals surface area contributed by atoms with E-state index in [1.165, 1.54) is 33.1 Å². The van der Waals surface area contributed by atoms with Gasteiger partial charge in [0.1, 0.15) is 0 Å². The molecule has 38 heavy (non-hydrogen) atoms. The molecule has 2 saturated heterocycles. The predicted octanol–water partition coefficient (Wildman–Crippen LogP) is 3.05. The van der Waals surface area contributed by atoms with Gasteiger partial charge in [-0.2, -0.15) is 4.31 Å². The van der Waals surface area contributed by atoms with E-state index >= 15 is 0 Å². The maximum atomic E-state index is 13.1. The molecule has 0 unspecified atom stereocenters. The lowest BCUT2D eigenvalue weighted by Crippen LogP contribution is -2.49. The molecule has 0 saturated carbocycles. The number of sulfonamides is 1. The van der Waals surface area contributed by atoms with Crippen molar-refractivity contribution in [3.05, 3.63) is 70.8 Å². The second-order valence-corrected chi connectivity index (χ2v) is 11.8. The Morgan fingerprint density at radius 3 is 2.08 bits per heavy atom. The molecule has 0 aliphatic carbocycles. The number of carbonyl (C=O) groups excluding carboxylic acids is 1. The van der Waals surface area contributed by atoms with Crippen LogP contribution in [0.2, 0.25) is 0 Å². The molecule has 2 aliphatic rings. The second-order valence-electron chi connectivity index (χ2n) is 9.85. The molecule has 0 radical (unpaired) electrons. The number of hydrogen-bond acceptors (Lipinski definition) is 7. The third-order valence-corrected chi connectivity index (χ3v) is 9.28. The number of ether oxygens (including phenoxy) is 1. The number of hydrogen-bond donors (Lipinski definition) is 0. The molecule has 3 aromatic rings. The molecule has 2 aromatic carbocycles. The van der Waals surface area contributed by atoms with E-state index in [-0.39, 0.29) is 10.8 Å². The van der Waals surface area contributed by atoms with E-state index in [0.717, 1.165) is 17.1 Å². The summed E-state index contributed by atoms with van der Waals surface area (Å²) in [5.74, 6) is 0.687. The molecule has 200 valence electrons. The summed E-state index contributed by atoms with van der Waals surface area (Å²) in [6, 6.07) is 14.6. The number of benzene rings is 2. The highest BCUT2D eigenvalue weighted by Crippen LogP contribution is 2.26. The largest absolute Gasteiger partial charge is 0.379 e. The lowest BCUT2D eigenvalue weighted by molar-refractivity contribution is 0.0730. The highest BCUT2D eigenvalue weighted by molar-refractivity contribution is 7.89. The molecule has 10 heteroatoms. The number of anilines is 1. The maximum absolute atomic E-state index is 13.1. The quantitative estimate of drug-likeness (QED) is 0.496. The molecule has 9 nitrogen and oxygen atoms in total. The van der Waals surface area contributed by atoms with Crippen LogP contribution in [0.1, 0.15) is 27.0 Å². The Balaban J connectivity index is 1.20. The minimum Gasteiger partial charge on any atom is -0.379 e. The van der Waals surface area contributed by atoms with Crippen molar-refractivity contribution in [2.45, 2.75) is 25.7 Å². The molecule has 0 N–H and O–H groups in total. The molecule has 0 bridgehead atoms. The van der Waals surface area contributed by atoms with Crippen LogP contribution >= 0.6 is 0 Å². The Morgan fingerprint density at radius 1 is 0.789 bits per heavy atom. The number of morpholine rings is 1. The summed E-state index contributed by atoms with van der Waals surface area (Å²) in [4.78, 5) is 17.2. The zero-order valence-electron chi connectivity index (χ0n) is 22.1. The SMILES string of the molecule is Cc1cc(C)c(-c2ccc(N3CCN(C(=O)c4ccc(S(=O)(=O)N5CCOCC5)cc4)CC3)nn2)cc1C. The maximum Gasteiger partial charge on any atom is 0.253 e. The van der Waals surface area contributed by atoms with Gasteiger partial charge in [-0.1, -0.05) is 6.07 Å². The lowest BCUT2D eigenvalue weighted by atomic mass is 9.99. The van der Waals surface area contributed by atoms with Crippen LogP contribution in [0.3, 0.4) is 0 Å². The van der Waals surface area contributed by atoms with Crippen LogP contribution in [-0.2, 0) is 14.8 Å². The average Bonchev–Trinajstić information content (AvgIpc) is 2.95. The third kappa shape index (κ3) is 5.29. The molecule has 3 heterocycles. The summed E-state index contributed by atoms with van der Waals surface area (Å²) < 4.78 is 32.4. The van der Waals surface area contributed by atoms with Crippen LogP contribution in [0.4, 0.5) is 5.82 Å². The highest BCUT2D eigenvalue weighted by atomic mass is 32.2. The van der Waals surface area contributed by atoms with Crippen molar-refractivity contribution >= 4 is 21.7 Å². The van der Waals surface area contributed by atoms with Gasteiger partial charge in [0.25, 0.3) is 5.91 Å². The van der Waals surface area contributed by atoms with Crippen LogP contribution in [0.5, 0.6) is 0 Å². The Bertz CT molecular complexity index is 1410. The van der Waals surface area contributed by atoms with Crippen molar-refractivity contribution < 1.29 is 17.9 Å². The van der Waals surface area contributed by atoms with Crippen molar-refractivity contribution in [2.24, 2.45) is 0 Å². The van der Waals surface area contributed by atoms with Gasteiger partial charge in [-0.05, 0) is 79.9 Å². The number of nitrogens with zero attached hydrogens (tertiary/aromatic N) is 5. The minimum atomic E-state index is -3.59. The van der Waals surface area contributed by atoms with Gasteiger partial charge in [0.2, 0.25) is 10.0 Å². The smallest absolute Gasteiger partial charge is 0.253 e. The van der Waals surface area contributed by atoms with Gasteiger partial charge in [-0.3, -0.25) is 4.79 Å². The molecular weight excluding hydrogens is 502 g/mol. The second kappa shape index (κ2) is 10.8. The van der Waals surface area contributed by atoms with E-state index in [4.69, 9.17) is 4.74 Å². The van der Waals surface area contributed by atoms with Gasteiger partial charge in [-0.15, -0.1) is 10.2 Å². The Hall–Kier alpha value is -3.34. The zero-order valence-corrected chi connectivity index (χ0v) is 22.9. The normalized spacial score (nSPS) is 17.0. The van der Waals surface area contributed by atoms with Gasteiger partial charge in [-0.25, -0.2) is 8.42 Å². The van der Waals surface area contributed by atoms with Gasteiger partial charge in [0.05, 0.1) is 23.8 Å². The van der Waals surface area contributed by atoms with E-state index in [9.17, 15) is 13.2 Å². The van der Waals surface area contributed by atoms with E-state index in [0.29, 0.717) is 58.0 Å². The van der Waals surface area contributed by atoms with Crippen molar-refractivity contribution in [1.29, 1.82) is 0 Å². The fraction of sp³-hybridized carbons (Fsp3) is 0.393. The fourth-order valence-corrected chi connectivity index (χ4v) is 6.31. The number of aromatic nitrogens is 2. The first-order chi connectivity index (χ1) is 18.2. The van der Waals surface area contributed by atoms with E-state index in [1.807, 2.05) is 12.1 Å².